The molecule has 0 radical (unpaired) electrons. The van der Waals surface area contributed by atoms with Crippen LogP contribution in [0.3, 0.4) is 0 Å². The number of piperidine rings is 2. The molecule has 4 rings (SSSR count). The molecule has 1 N–H and O–H groups in total. The lowest BCUT2D eigenvalue weighted by Gasteiger charge is -2.51. The van der Waals surface area contributed by atoms with Gasteiger partial charge in [-0.1, -0.05) is 6.07 Å². The Balaban J connectivity index is 1.54. The van der Waals surface area contributed by atoms with Crippen molar-refractivity contribution >= 4 is 20.0 Å². The lowest BCUT2D eigenvalue weighted by atomic mass is 9.77. The van der Waals surface area contributed by atoms with E-state index in [0.29, 0.717) is 12.5 Å². The Labute approximate surface area is 197 Å². The first kappa shape index (κ1) is 24.7. The first-order valence-corrected chi connectivity index (χ1v) is 15.1. The maximum atomic E-state index is 13.3. The Morgan fingerprint density at radius 2 is 1.91 bits per heavy atom. The summed E-state index contributed by atoms with van der Waals surface area (Å²) in [6, 6.07) is 4.16. The molecule has 2 fully saturated rings. The summed E-state index contributed by atoms with van der Waals surface area (Å²) in [5.74, 6) is 1.78. The van der Waals surface area contributed by atoms with E-state index in [9.17, 15) is 16.8 Å². The van der Waals surface area contributed by atoms with Crippen LogP contribution in [0.4, 0.5) is 0 Å². The van der Waals surface area contributed by atoms with Crippen molar-refractivity contribution in [2.75, 3.05) is 52.4 Å². The zero-order valence-electron chi connectivity index (χ0n) is 19.6. The summed E-state index contributed by atoms with van der Waals surface area (Å²) in [5, 5.41) is 0. The van der Waals surface area contributed by atoms with Crippen LogP contribution >= 0.6 is 0 Å². The average Bonchev–Trinajstić information content (AvgIpc) is 2.78. The topological polar surface area (TPSA) is 105 Å². The molecule has 0 unspecified atom stereocenters. The van der Waals surface area contributed by atoms with Crippen molar-refractivity contribution < 1.29 is 26.3 Å². The second-order valence-corrected chi connectivity index (χ2v) is 13.2. The second-order valence-electron chi connectivity index (χ2n) is 9.28. The van der Waals surface area contributed by atoms with E-state index in [0.717, 1.165) is 62.1 Å². The molecule has 1 aromatic carbocycles. The van der Waals surface area contributed by atoms with Crippen LogP contribution in [-0.4, -0.2) is 84.5 Å². The second kappa shape index (κ2) is 9.69. The Morgan fingerprint density at radius 3 is 2.61 bits per heavy atom. The minimum Gasteiger partial charge on any atom is -0.493 e. The number of benzene rings is 1. The van der Waals surface area contributed by atoms with E-state index >= 15 is 0 Å². The van der Waals surface area contributed by atoms with Gasteiger partial charge in [0, 0.05) is 43.8 Å². The van der Waals surface area contributed by atoms with E-state index in [1.807, 2.05) is 6.07 Å². The van der Waals surface area contributed by atoms with E-state index in [1.54, 1.807) is 18.5 Å². The van der Waals surface area contributed by atoms with Crippen molar-refractivity contribution in [1.29, 1.82) is 0 Å². The van der Waals surface area contributed by atoms with Crippen molar-refractivity contribution in [3.63, 3.8) is 0 Å². The maximum Gasteiger partial charge on any atom is 0.214 e. The van der Waals surface area contributed by atoms with Crippen molar-refractivity contribution in [3.05, 3.63) is 23.3 Å². The molecular weight excluding hydrogens is 466 g/mol. The number of fused-ring (bicyclic) bond motifs is 4. The predicted molar refractivity (Wildman–Crippen MR) is 127 cm³/mol. The Hall–Kier alpha value is -1.40. The summed E-state index contributed by atoms with van der Waals surface area (Å²) in [5.41, 5.74) is 2.37. The number of hydrogen-bond acceptors (Lipinski definition) is 7. The van der Waals surface area contributed by atoms with Crippen LogP contribution in [0.2, 0.25) is 0 Å². The van der Waals surface area contributed by atoms with E-state index in [4.69, 9.17) is 9.47 Å². The third-order valence-electron chi connectivity index (χ3n) is 7.24. The van der Waals surface area contributed by atoms with Gasteiger partial charge in [-0.25, -0.2) is 21.6 Å². The lowest BCUT2D eigenvalue weighted by molar-refractivity contribution is 0.0216. The van der Waals surface area contributed by atoms with Crippen LogP contribution in [0.25, 0.3) is 0 Å². The number of methoxy groups -OCH3 is 2. The SMILES string of the molecule is COc1ccc2c(c1OC)CCN1C[C@@H]3CCCN(S(=O)(=O)CCCNS(C)(=O)=O)[C@@H]3C[C@@H]21. The van der Waals surface area contributed by atoms with Crippen LogP contribution < -0.4 is 14.2 Å². The molecule has 11 heteroatoms. The van der Waals surface area contributed by atoms with Crippen molar-refractivity contribution in [3.8, 4) is 11.5 Å². The molecule has 1 aromatic rings. The fraction of sp³-hybridized carbons (Fsp3) is 0.727. The smallest absolute Gasteiger partial charge is 0.214 e. The molecule has 3 heterocycles. The third-order valence-corrected chi connectivity index (χ3v) is 9.94. The van der Waals surface area contributed by atoms with Gasteiger partial charge in [-0.05, 0) is 49.7 Å². The maximum absolute atomic E-state index is 13.3. The quantitative estimate of drug-likeness (QED) is 0.536. The molecule has 3 aliphatic heterocycles. The van der Waals surface area contributed by atoms with E-state index in [1.165, 1.54) is 5.56 Å². The normalized spacial score (nSPS) is 26.2. The Kier molecular flexibility index (Phi) is 7.26. The largest absolute Gasteiger partial charge is 0.493 e. The number of sulfonamides is 2. The van der Waals surface area contributed by atoms with Crippen LogP contribution in [0, 0.1) is 5.92 Å². The number of nitrogens with one attached hydrogen (secondary N) is 1. The van der Waals surface area contributed by atoms with Gasteiger partial charge in [0.15, 0.2) is 11.5 Å². The molecule has 2 saturated heterocycles. The first-order chi connectivity index (χ1) is 15.6. The van der Waals surface area contributed by atoms with Gasteiger partial charge >= 0.3 is 0 Å². The summed E-state index contributed by atoms with van der Waals surface area (Å²) < 4.78 is 64.3. The molecule has 0 spiro atoms. The molecule has 0 amide bonds. The number of ether oxygens (including phenoxy) is 2. The average molecular weight is 502 g/mol. The summed E-state index contributed by atoms with van der Waals surface area (Å²) >= 11 is 0. The van der Waals surface area contributed by atoms with Gasteiger partial charge in [0.05, 0.1) is 26.2 Å². The standard InChI is InChI=1S/C22H35N3O6S2/c1-30-21-8-7-17-18(22(21)31-2)9-12-24-15-16-6-4-11-25(19(16)14-20(17)24)33(28,29)13-5-10-23-32(3,26)27/h7-8,16,19-20,23H,4-6,9-15H2,1-3H3/t16-,19+,20-/m0/s1. The highest BCUT2D eigenvalue weighted by Gasteiger charge is 2.46. The van der Waals surface area contributed by atoms with Crippen molar-refractivity contribution in [2.24, 2.45) is 5.92 Å². The van der Waals surface area contributed by atoms with Gasteiger partial charge in [0.2, 0.25) is 20.0 Å². The minimum absolute atomic E-state index is 0.0353. The van der Waals surface area contributed by atoms with Gasteiger partial charge < -0.3 is 9.47 Å². The first-order valence-electron chi connectivity index (χ1n) is 11.6. The number of rotatable bonds is 8. The zero-order chi connectivity index (χ0) is 23.8. The van der Waals surface area contributed by atoms with Crippen molar-refractivity contribution in [1.82, 2.24) is 13.9 Å². The van der Waals surface area contributed by atoms with Gasteiger partial charge in [-0.3, -0.25) is 4.90 Å². The zero-order valence-corrected chi connectivity index (χ0v) is 21.3. The molecule has 9 nitrogen and oxygen atoms in total. The van der Waals surface area contributed by atoms with Crippen LogP contribution in [-0.2, 0) is 26.5 Å². The van der Waals surface area contributed by atoms with Gasteiger partial charge in [-0.15, -0.1) is 0 Å². The van der Waals surface area contributed by atoms with Crippen LogP contribution in [0.5, 0.6) is 11.5 Å². The molecule has 0 aromatic heterocycles. The summed E-state index contributed by atoms with van der Waals surface area (Å²) in [4.78, 5) is 2.50. The lowest BCUT2D eigenvalue weighted by Crippen LogP contribution is -2.57. The van der Waals surface area contributed by atoms with E-state index < -0.39 is 20.0 Å². The Morgan fingerprint density at radius 1 is 1.12 bits per heavy atom. The Bertz CT molecular complexity index is 1080. The van der Waals surface area contributed by atoms with Gasteiger partial charge in [0.1, 0.15) is 0 Å². The molecule has 0 bridgehead atoms. The highest BCUT2D eigenvalue weighted by molar-refractivity contribution is 7.89. The van der Waals surface area contributed by atoms with Crippen LogP contribution in [0.1, 0.15) is 42.9 Å². The molecule has 186 valence electrons. The fourth-order valence-corrected chi connectivity index (χ4v) is 8.15. The highest BCUT2D eigenvalue weighted by atomic mass is 32.2. The third kappa shape index (κ3) is 5.17. The molecule has 3 atom stereocenters. The summed E-state index contributed by atoms with van der Waals surface area (Å²) in [6.07, 6.45) is 4.89. The van der Waals surface area contributed by atoms with Gasteiger partial charge in [0.25, 0.3) is 0 Å². The molecule has 3 aliphatic rings. The highest BCUT2D eigenvalue weighted by Crippen LogP contribution is 2.47. The molecular formula is C22H35N3O6S2. The van der Waals surface area contributed by atoms with Crippen LogP contribution in [0.15, 0.2) is 12.1 Å². The summed E-state index contributed by atoms with van der Waals surface area (Å²) in [6.45, 7) is 2.49. The van der Waals surface area contributed by atoms with E-state index in [2.05, 4.69) is 15.7 Å². The molecule has 0 saturated carbocycles. The van der Waals surface area contributed by atoms with Gasteiger partial charge in [-0.2, -0.15) is 4.31 Å². The fourth-order valence-electron chi connectivity index (χ4n) is 5.81. The molecule has 0 aliphatic carbocycles. The van der Waals surface area contributed by atoms with E-state index in [-0.39, 0.29) is 30.8 Å². The monoisotopic (exact) mass is 501 g/mol. The minimum atomic E-state index is -3.47. The number of nitrogens with zero attached hydrogens (tertiary/aromatic N) is 2. The van der Waals surface area contributed by atoms with Crippen molar-refractivity contribution in [2.45, 2.75) is 44.2 Å². The number of hydrogen-bond donors (Lipinski definition) is 1. The molecule has 33 heavy (non-hydrogen) atoms. The summed E-state index contributed by atoms with van der Waals surface area (Å²) in [7, 11) is -3.49. The predicted octanol–water partition coefficient (Wildman–Crippen LogP) is 1.36.